The third kappa shape index (κ3) is 1.08. The molecule has 1 aliphatic rings. The summed E-state index contributed by atoms with van der Waals surface area (Å²) < 4.78 is 2.30. The molecule has 0 radical (unpaired) electrons. The molecule has 10 heavy (non-hydrogen) atoms. The van der Waals surface area contributed by atoms with Gasteiger partial charge in [-0.05, 0) is 30.7 Å². The highest BCUT2D eigenvalue weighted by molar-refractivity contribution is 7.99. The lowest BCUT2D eigenvalue weighted by molar-refractivity contribution is 0.647. The highest BCUT2D eigenvalue weighted by atomic mass is 32.2. The number of hydrogen-bond acceptors (Lipinski definition) is 1. The Morgan fingerprint density at radius 1 is 1.30 bits per heavy atom. The second kappa shape index (κ2) is 2.70. The molecule has 0 amide bonds. The zero-order chi connectivity index (χ0) is 6.81. The van der Waals surface area contributed by atoms with Crippen LogP contribution in [0.1, 0.15) is 18.2 Å². The smallest absolute Gasteiger partial charge is 0.0788 e. The molecule has 0 aliphatic carbocycles. The molecule has 1 saturated heterocycles. The first-order valence-electron chi connectivity index (χ1n) is 3.71. The fraction of sp³-hybridized carbons (Fsp3) is 0.500. The van der Waals surface area contributed by atoms with Gasteiger partial charge in [0.05, 0.1) is 5.37 Å². The minimum atomic E-state index is 0.731. The predicted octanol–water partition coefficient (Wildman–Crippen LogP) is 2.51. The fourth-order valence-electron chi connectivity index (χ4n) is 1.34. The van der Waals surface area contributed by atoms with E-state index in [1.165, 1.54) is 18.6 Å². The van der Waals surface area contributed by atoms with Crippen LogP contribution < -0.4 is 0 Å². The molecule has 0 N–H and O–H groups in total. The monoisotopic (exact) mass is 153 g/mol. The molecule has 0 spiro atoms. The number of nitrogens with zero attached hydrogens (tertiary/aromatic N) is 1. The Labute approximate surface area is 65.4 Å². The number of hydrogen-bond donors (Lipinski definition) is 0. The van der Waals surface area contributed by atoms with Crippen molar-refractivity contribution in [2.45, 2.75) is 18.2 Å². The van der Waals surface area contributed by atoms with Gasteiger partial charge >= 0.3 is 0 Å². The van der Waals surface area contributed by atoms with Crippen LogP contribution in [0.4, 0.5) is 0 Å². The summed E-state index contributed by atoms with van der Waals surface area (Å²) in [7, 11) is 0. The summed E-state index contributed by atoms with van der Waals surface area (Å²) in [6, 6.07) is 4.19. The van der Waals surface area contributed by atoms with Crippen molar-refractivity contribution in [3.05, 3.63) is 24.5 Å². The van der Waals surface area contributed by atoms with Crippen molar-refractivity contribution < 1.29 is 0 Å². The second-order valence-electron chi connectivity index (χ2n) is 2.60. The topological polar surface area (TPSA) is 4.93 Å². The molecule has 54 valence electrons. The Kier molecular flexibility index (Phi) is 1.72. The maximum atomic E-state index is 2.30. The van der Waals surface area contributed by atoms with Crippen molar-refractivity contribution in [1.29, 1.82) is 0 Å². The summed E-state index contributed by atoms with van der Waals surface area (Å²) in [4.78, 5) is 0. The highest BCUT2D eigenvalue weighted by Gasteiger charge is 2.15. The predicted molar refractivity (Wildman–Crippen MR) is 45.2 cm³/mol. The van der Waals surface area contributed by atoms with E-state index in [-0.39, 0.29) is 0 Å². The maximum absolute atomic E-state index is 2.30. The highest BCUT2D eigenvalue weighted by Crippen LogP contribution is 2.35. The fourth-order valence-corrected chi connectivity index (χ4v) is 2.59. The van der Waals surface area contributed by atoms with Crippen LogP contribution in [0.3, 0.4) is 0 Å². The molecule has 0 bridgehead atoms. The molecule has 1 aromatic heterocycles. The van der Waals surface area contributed by atoms with Crippen LogP contribution in [0.15, 0.2) is 24.5 Å². The molecule has 0 saturated carbocycles. The molecule has 1 aliphatic heterocycles. The van der Waals surface area contributed by atoms with Crippen molar-refractivity contribution in [3.63, 3.8) is 0 Å². The van der Waals surface area contributed by atoms with Crippen LogP contribution in [0, 0.1) is 0 Å². The van der Waals surface area contributed by atoms with E-state index in [9.17, 15) is 0 Å². The standard InChI is InChI=1S/C8H11NS/c1-2-6-9(5-1)8-4-3-7-10-8/h1-2,5-6,8H,3-4,7H2. The van der Waals surface area contributed by atoms with E-state index >= 15 is 0 Å². The Balaban J connectivity index is 2.12. The van der Waals surface area contributed by atoms with Gasteiger partial charge in [-0.25, -0.2) is 0 Å². The summed E-state index contributed by atoms with van der Waals surface area (Å²) in [6.07, 6.45) is 7.04. The van der Waals surface area contributed by atoms with Crippen molar-refractivity contribution in [2.24, 2.45) is 0 Å². The quantitative estimate of drug-likeness (QED) is 0.600. The Bertz CT molecular complexity index is 187. The van der Waals surface area contributed by atoms with E-state index < -0.39 is 0 Å². The third-order valence-electron chi connectivity index (χ3n) is 1.87. The average molecular weight is 153 g/mol. The van der Waals surface area contributed by atoms with Gasteiger partial charge in [0.25, 0.3) is 0 Å². The minimum absolute atomic E-state index is 0.731. The third-order valence-corrected chi connectivity index (χ3v) is 3.25. The molecule has 1 aromatic rings. The van der Waals surface area contributed by atoms with Gasteiger partial charge in [-0.2, -0.15) is 0 Å². The Morgan fingerprint density at radius 3 is 2.70 bits per heavy atom. The SMILES string of the molecule is c1ccn(C2CCCS2)c1. The van der Waals surface area contributed by atoms with E-state index in [0.717, 1.165) is 5.37 Å². The van der Waals surface area contributed by atoms with Crippen LogP contribution in [0.2, 0.25) is 0 Å². The van der Waals surface area contributed by atoms with Crippen LogP contribution in [-0.4, -0.2) is 10.3 Å². The van der Waals surface area contributed by atoms with Gasteiger partial charge in [0.15, 0.2) is 0 Å². The lowest BCUT2D eigenvalue weighted by Crippen LogP contribution is -1.96. The lowest BCUT2D eigenvalue weighted by Gasteiger charge is -2.09. The largest absolute Gasteiger partial charge is 0.342 e. The van der Waals surface area contributed by atoms with E-state index in [1.54, 1.807) is 0 Å². The molecule has 1 unspecified atom stereocenters. The van der Waals surface area contributed by atoms with Gasteiger partial charge in [-0.1, -0.05) is 0 Å². The summed E-state index contributed by atoms with van der Waals surface area (Å²) in [6.45, 7) is 0. The molecule has 1 nitrogen and oxygen atoms in total. The first-order chi connectivity index (χ1) is 4.97. The van der Waals surface area contributed by atoms with Crippen LogP contribution in [0.5, 0.6) is 0 Å². The molecule has 1 fully saturated rings. The second-order valence-corrected chi connectivity index (χ2v) is 3.88. The number of thioether (sulfide) groups is 1. The summed E-state index contributed by atoms with van der Waals surface area (Å²) in [5, 5.41) is 0.731. The summed E-state index contributed by atoms with van der Waals surface area (Å²) >= 11 is 2.06. The lowest BCUT2D eigenvalue weighted by atomic mass is 10.3. The van der Waals surface area contributed by atoms with Crippen LogP contribution in [-0.2, 0) is 0 Å². The molecular weight excluding hydrogens is 142 g/mol. The van der Waals surface area contributed by atoms with Gasteiger partial charge in [0, 0.05) is 12.4 Å². The van der Waals surface area contributed by atoms with Gasteiger partial charge in [-0.15, -0.1) is 11.8 Å². The maximum Gasteiger partial charge on any atom is 0.0788 e. The van der Waals surface area contributed by atoms with E-state index in [0.29, 0.717) is 0 Å². The summed E-state index contributed by atoms with van der Waals surface area (Å²) in [5.74, 6) is 1.34. The molecule has 2 heterocycles. The zero-order valence-electron chi connectivity index (χ0n) is 5.86. The first-order valence-corrected chi connectivity index (χ1v) is 4.76. The van der Waals surface area contributed by atoms with Gasteiger partial charge in [-0.3, -0.25) is 0 Å². The molecule has 2 heteroatoms. The van der Waals surface area contributed by atoms with Crippen LogP contribution >= 0.6 is 11.8 Å². The van der Waals surface area contributed by atoms with E-state index in [2.05, 4.69) is 40.9 Å². The van der Waals surface area contributed by atoms with Crippen LogP contribution in [0.25, 0.3) is 0 Å². The molecular formula is C8H11NS. The first kappa shape index (κ1) is 6.35. The molecule has 1 atom stereocenters. The number of rotatable bonds is 1. The molecule has 0 aromatic carbocycles. The zero-order valence-corrected chi connectivity index (χ0v) is 6.68. The van der Waals surface area contributed by atoms with E-state index in [1.807, 2.05) is 0 Å². The van der Waals surface area contributed by atoms with Crippen molar-refractivity contribution in [2.75, 3.05) is 5.75 Å². The van der Waals surface area contributed by atoms with Crippen molar-refractivity contribution in [1.82, 2.24) is 4.57 Å². The van der Waals surface area contributed by atoms with Crippen molar-refractivity contribution >= 4 is 11.8 Å². The van der Waals surface area contributed by atoms with Crippen molar-refractivity contribution in [3.8, 4) is 0 Å². The van der Waals surface area contributed by atoms with Gasteiger partial charge < -0.3 is 4.57 Å². The average Bonchev–Trinajstić information content (AvgIpc) is 2.59. The summed E-state index contributed by atoms with van der Waals surface area (Å²) in [5.41, 5.74) is 0. The van der Waals surface area contributed by atoms with E-state index in [4.69, 9.17) is 0 Å². The van der Waals surface area contributed by atoms with Gasteiger partial charge in [0.1, 0.15) is 0 Å². The molecule has 2 rings (SSSR count). The normalized spacial score (nSPS) is 25.4. The number of aromatic nitrogens is 1. The minimum Gasteiger partial charge on any atom is -0.342 e. The Hall–Kier alpha value is -0.370. The Morgan fingerprint density at radius 2 is 2.10 bits per heavy atom. The van der Waals surface area contributed by atoms with Gasteiger partial charge in [0.2, 0.25) is 0 Å².